The van der Waals surface area contributed by atoms with Crippen LogP contribution >= 0.6 is 0 Å². The molecule has 0 saturated carbocycles. The number of benzene rings is 2. The molecule has 1 heterocycles. The summed E-state index contributed by atoms with van der Waals surface area (Å²) < 4.78 is 11.9. The lowest BCUT2D eigenvalue weighted by atomic mass is 9.91. The molecular weight excluding hydrogens is 278 g/mol. The second kappa shape index (κ2) is 6.48. The Morgan fingerprint density at radius 3 is 2.45 bits per heavy atom. The molecule has 22 heavy (non-hydrogen) atoms. The number of rotatable bonds is 5. The molecule has 0 aromatic heterocycles. The molecular formula is C18H21NO3. The Labute approximate surface area is 131 Å². The molecule has 4 nitrogen and oxygen atoms in total. The molecule has 0 aliphatic carbocycles. The molecule has 4 heteroatoms. The number of fused-ring (bicyclic) bond motifs is 1. The highest BCUT2D eigenvalue weighted by atomic mass is 16.7. The van der Waals surface area contributed by atoms with Gasteiger partial charge in [-0.15, -0.1) is 5.06 Å². The van der Waals surface area contributed by atoms with Crippen LogP contribution in [0.3, 0.4) is 0 Å². The predicted molar refractivity (Wildman–Crippen MR) is 84.5 cm³/mol. The van der Waals surface area contributed by atoms with Gasteiger partial charge >= 0.3 is 0 Å². The van der Waals surface area contributed by atoms with Crippen molar-refractivity contribution in [3.05, 3.63) is 65.7 Å². The molecule has 116 valence electrons. The fourth-order valence-electron chi connectivity index (χ4n) is 3.01. The first-order chi connectivity index (χ1) is 10.8. The molecule has 1 unspecified atom stereocenters. The van der Waals surface area contributed by atoms with Gasteiger partial charge in [0.05, 0.1) is 7.11 Å². The zero-order valence-corrected chi connectivity index (χ0v) is 13.0. The van der Waals surface area contributed by atoms with Crippen molar-refractivity contribution in [3.8, 4) is 5.75 Å². The average Bonchev–Trinajstić information content (AvgIpc) is 2.60. The van der Waals surface area contributed by atoms with Crippen molar-refractivity contribution in [3.63, 3.8) is 0 Å². The summed E-state index contributed by atoms with van der Waals surface area (Å²) in [6.45, 7) is 1.12. The fraction of sp³-hybridized carbons (Fsp3) is 0.333. The lowest BCUT2D eigenvalue weighted by Crippen LogP contribution is -2.54. The minimum atomic E-state index is -0.737. The van der Waals surface area contributed by atoms with E-state index >= 15 is 0 Å². The Morgan fingerprint density at radius 2 is 1.73 bits per heavy atom. The minimum Gasteiger partial charge on any atom is -0.489 e. The summed E-state index contributed by atoms with van der Waals surface area (Å²) in [5.41, 5.74) is 1.63. The maximum absolute atomic E-state index is 5.98. The summed E-state index contributed by atoms with van der Waals surface area (Å²) in [6.07, 6.45) is 0.931. The topological polar surface area (TPSA) is 30.9 Å². The number of para-hydroxylation sites is 1. The van der Waals surface area contributed by atoms with Crippen LogP contribution in [-0.2, 0) is 21.7 Å². The highest BCUT2D eigenvalue weighted by molar-refractivity contribution is 5.35. The van der Waals surface area contributed by atoms with Crippen LogP contribution < -0.4 is 4.74 Å². The van der Waals surface area contributed by atoms with Crippen LogP contribution in [0.4, 0.5) is 0 Å². The molecule has 0 amide bonds. The van der Waals surface area contributed by atoms with E-state index < -0.39 is 5.72 Å². The van der Waals surface area contributed by atoms with E-state index in [1.54, 1.807) is 14.2 Å². The molecule has 1 aliphatic rings. The quantitative estimate of drug-likeness (QED) is 0.849. The van der Waals surface area contributed by atoms with Gasteiger partial charge in [-0.1, -0.05) is 42.5 Å². The zero-order valence-electron chi connectivity index (χ0n) is 13.0. The Kier molecular flexibility index (Phi) is 4.43. The first-order valence-electron chi connectivity index (χ1n) is 7.43. The Hall–Kier alpha value is -1.88. The predicted octanol–water partition coefficient (Wildman–Crippen LogP) is 2.98. The fourth-order valence-corrected chi connectivity index (χ4v) is 3.01. The Morgan fingerprint density at radius 1 is 1.00 bits per heavy atom. The van der Waals surface area contributed by atoms with E-state index in [2.05, 4.69) is 18.2 Å². The third-order valence-electron chi connectivity index (χ3n) is 4.16. The standard InChI is InChI=1S/C18H21NO3/c1-20-18(14-22-16-9-4-3-5-10-16)17-11-7-6-8-15(17)12-13-19(18)21-2/h3-11H,12-14H2,1-2H3. The van der Waals surface area contributed by atoms with E-state index in [-0.39, 0.29) is 0 Å². The van der Waals surface area contributed by atoms with Gasteiger partial charge in [-0.2, -0.15) is 0 Å². The van der Waals surface area contributed by atoms with E-state index in [0.29, 0.717) is 6.61 Å². The Balaban J connectivity index is 1.94. The van der Waals surface area contributed by atoms with E-state index in [0.717, 1.165) is 24.3 Å². The Bertz CT molecular complexity index is 617. The maximum Gasteiger partial charge on any atom is 0.203 e. The molecule has 0 radical (unpaired) electrons. The SMILES string of the molecule is CON1CCc2ccccc2C1(COc1ccccc1)OC. The summed E-state index contributed by atoms with van der Waals surface area (Å²) in [6, 6.07) is 18.1. The number of hydrogen-bond donors (Lipinski definition) is 0. The van der Waals surface area contributed by atoms with Crippen LogP contribution in [0, 0.1) is 0 Å². The van der Waals surface area contributed by atoms with Crippen LogP contribution in [0.2, 0.25) is 0 Å². The van der Waals surface area contributed by atoms with Crippen LogP contribution in [-0.4, -0.2) is 32.4 Å². The smallest absolute Gasteiger partial charge is 0.203 e. The lowest BCUT2D eigenvalue weighted by molar-refractivity contribution is -0.310. The molecule has 0 fully saturated rings. The summed E-state index contributed by atoms with van der Waals surface area (Å²) in [7, 11) is 3.37. The van der Waals surface area contributed by atoms with E-state index in [9.17, 15) is 0 Å². The van der Waals surface area contributed by atoms with Crippen molar-refractivity contribution >= 4 is 0 Å². The number of nitrogens with zero attached hydrogens (tertiary/aromatic N) is 1. The van der Waals surface area contributed by atoms with Crippen molar-refractivity contribution < 1.29 is 14.3 Å². The molecule has 0 bridgehead atoms. The molecule has 0 spiro atoms. The van der Waals surface area contributed by atoms with Crippen molar-refractivity contribution in [2.75, 3.05) is 27.4 Å². The number of methoxy groups -OCH3 is 1. The van der Waals surface area contributed by atoms with Crippen LogP contribution in [0.5, 0.6) is 5.75 Å². The third-order valence-corrected chi connectivity index (χ3v) is 4.16. The molecule has 2 aromatic rings. The molecule has 0 N–H and O–H groups in total. The second-order valence-corrected chi connectivity index (χ2v) is 5.28. The van der Waals surface area contributed by atoms with Gasteiger partial charge < -0.3 is 9.47 Å². The minimum absolute atomic E-state index is 0.359. The molecule has 3 rings (SSSR count). The molecule has 0 saturated heterocycles. The van der Waals surface area contributed by atoms with Gasteiger partial charge in [0.25, 0.3) is 0 Å². The van der Waals surface area contributed by atoms with Crippen molar-refractivity contribution in [1.29, 1.82) is 0 Å². The molecule has 1 atom stereocenters. The highest BCUT2D eigenvalue weighted by Gasteiger charge is 2.44. The number of hydrogen-bond acceptors (Lipinski definition) is 4. The highest BCUT2D eigenvalue weighted by Crippen LogP contribution is 2.36. The molecule has 2 aromatic carbocycles. The first kappa shape index (κ1) is 15.0. The first-order valence-corrected chi connectivity index (χ1v) is 7.43. The number of ether oxygens (including phenoxy) is 2. The van der Waals surface area contributed by atoms with E-state index in [1.807, 2.05) is 41.5 Å². The lowest BCUT2D eigenvalue weighted by Gasteiger charge is -2.44. The van der Waals surface area contributed by atoms with E-state index in [4.69, 9.17) is 14.3 Å². The van der Waals surface area contributed by atoms with Crippen molar-refractivity contribution in [2.45, 2.75) is 12.1 Å². The van der Waals surface area contributed by atoms with Crippen molar-refractivity contribution in [2.24, 2.45) is 0 Å². The van der Waals surface area contributed by atoms with Gasteiger partial charge in [0.15, 0.2) is 0 Å². The molecule has 1 aliphatic heterocycles. The van der Waals surface area contributed by atoms with E-state index in [1.165, 1.54) is 5.56 Å². The van der Waals surface area contributed by atoms with Gasteiger partial charge in [-0.05, 0) is 24.1 Å². The summed E-state index contributed by atoms with van der Waals surface area (Å²) in [5, 5.41) is 1.86. The van der Waals surface area contributed by atoms with Crippen LogP contribution in [0.1, 0.15) is 11.1 Å². The summed E-state index contributed by atoms with van der Waals surface area (Å²) in [4.78, 5) is 5.57. The van der Waals surface area contributed by atoms with Gasteiger partial charge in [0.2, 0.25) is 5.72 Å². The van der Waals surface area contributed by atoms with Gasteiger partial charge in [0, 0.05) is 19.2 Å². The van der Waals surface area contributed by atoms with Crippen molar-refractivity contribution in [1.82, 2.24) is 5.06 Å². The van der Waals surface area contributed by atoms with Gasteiger partial charge in [-0.3, -0.25) is 4.84 Å². The van der Waals surface area contributed by atoms with Crippen LogP contribution in [0.25, 0.3) is 0 Å². The zero-order chi connectivity index (χ0) is 15.4. The summed E-state index contributed by atoms with van der Waals surface area (Å²) in [5.74, 6) is 0.818. The normalized spacial score (nSPS) is 21.4. The average molecular weight is 299 g/mol. The largest absolute Gasteiger partial charge is 0.489 e. The summed E-state index contributed by atoms with van der Waals surface area (Å²) >= 11 is 0. The third kappa shape index (κ3) is 2.61. The maximum atomic E-state index is 5.98. The van der Waals surface area contributed by atoms with Gasteiger partial charge in [0.1, 0.15) is 12.4 Å². The van der Waals surface area contributed by atoms with Gasteiger partial charge in [-0.25, -0.2) is 0 Å². The number of hydroxylamine groups is 2. The van der Waals surface area contributed by atoms with Crippen LogP contribution in [0.15, 0.2) is 54.6 Å². The monoisotopic (exact) mass is 299 g/mol. The second-order valence-electron chi connectivity index (χ2n) is 5.28.